The van der Waals surface area contributed by atoms with Gasteiger partial charge in [-0.3, -0.25) is 4.79 Å². The zero-order valence-corrected chi connectivity index (χ0v) is 11.7. The van der Waals surface area contributed by atoms with E-state index < -0.39 is 5.54 Å². The molecule has 0 aromatic heterocycles. The fraction of sp³-hybridized carbons (Fsp3) is 0.533. The van der Waals surface area contributed by atoms with Gasteiger partial charge in [0.1, 0.15) is 5.75 Å². The average Bonchev–Trinajstić information content (AvgIpc) is 2.85. The molecule has 0 aliphatic carbocycles. The molecule has 2 N–H and O–H groups in total. The summed E-state index contributed by atoms with van der Waals surface area (Å²) >= 11 is 0. The summed E-state index contributed by atoms with van der Waals surface area (Å²) in [6.07, 6.45) is 2.90. The molecule has 4 nitrogen and oxygen atoms in total. The van der Waals surface area contributed by atoms with Crippen LogP contribution in [0.4, 0.5) is 5.69 Å². The number of benzene rings is 1. The number of hydrogen-bond acceptors (Lipinski definition) is 3. The Bertz CT molecular complexity index is 440. The third kappa shape index (κ3) is 3.47. The Balaban J connectivity index is 2.00. The zero-order chi connectivity index (χ0) is 13.7. The van der Waals surface area contributed by atoms with Crippen molar-refractivity contribution in [3.8, 4) is 5.75 Å². The van der Waals surface area contributed by atoms with Crippen molar-refractivity contribution >= 4 is 11.6 Å². The molecular weight excluding hydrogens is 240 g/mol. The van der Waals surface area contributed by atoms with Gasteiger partial charge in [0, 0.05) is 11.8 Å². The standard InChI is InChI=1S/C15H22N2O2/c1-3-10-19-13-7-4-6-12(11-13)17-14(18)15(2)8-5-9-16-15/h4,6-7,11,16H,3,5,8-10H2,1-2H3,(H,17,18). The first-order valence-electron chi connectivity index (χ1n) is 6.93. The van der Waals surface area contributed by atoms with Gasteiger partial charge < -0.3 is 15.4 Å². The highest BCUT2D eigenvalue weighted by molar-refractivity contribution is 5.98. The lowest BCUT2D eigenvalue weighted by molar-refractivity contribution is -0.121. The van der Waals surface area contributed by atoms with E-state index >= 15 is 0 Å². The molecule has 1 fully saturated rings. The number of nitrogens with one attached hydrogen (secondary N) is 2. The van der Waals surface area contributed by atoms with Gasteiger partial charge in [0.05, 0.1) is 12.1 Å². The Labute approximate surface area is 114 Å². The molecule has 0 spiro atoms. The fourth-order valence-electron chi connectivity index (χ4n) is 2.24. The number of carbonyl (C=O) groups excluding carboxylic acids is 1. The Morgan fingerprint density at radius 3 is 3.05 bits per heavy atom. The highest BCUT2D eigenvalue weighted by Crippen LogP contribution is 2.22. The van der Waals surface area contributed by atoms with Crippen molar-refractivity contribution in [1.29, 1.82) is 0 Å². The highest BCUT2D eigenvalue weighted by atomic mass is 16.5. The first-order chi connectivity index (χ1) is 9.14. The Morgan fingerprint density at radius 2 is 2.37 bits per heavy atom. The number of rotatable bonds is 5. The van der Waals surface area contributed by atoms with Gasteiger partial charge in [-0.15, -0.1) is 0 Å². The Kier molecular flexibility index (Phi) is 4.43. The monoisotopic (exact) mass is 262 g/mol. The number of amides is 1. The largest absolute Gasteiger partial charge is 0.494 e. The first-order valence-corrected chi connectivity index (χ1v) is 6.93. The molecule has 0 radical (unpaired) electrons. The van der Waals surface area contributed by atoms with Crippen molar-refractivity contribution in [3.63, 3.8) is 0 Å². The van der Waals surface area contributed by atoms with Gasteiger partial charge >= 0.3 is 0 Å². The summed E-state index contributed by atoms with van der Waals surface area (Å²) < 4.78 is 5.56. The van der Waals surface area contributed by atoms with E-state index in [1.165, 1.54) is 0 Å². The molecule has 104 valence electrons. The summed E-state index contributed by atoms with van der Waals surface area (Å²) in [6, 6.07) is 7.55. The smallest absolute Gasteiger partial charge is 0.244 e. The second-order valence-corrected chi connectivity index (χ2v) is 5.19. The third-order valence-electron chi connectivity index (χ3n) is 3.43. The maximum Gasteiger partial charge on any atom is 0.244 e. The van der Waals surface area contributed by atoms with Crippen LogP contribution in [0.5, 0.6) is 5.75 Å². The summed E-state index contributed by atoms with van der Waals surface area (Å²) in [4.78, 5) is 12.2. The maximum atomic E-state index is 12.2. The molecule has 0 saturated carbocycles. The van der Waals surface area contributed by atoms with Crippen LogP contribution in [0.15, 0.2) is 24.3 Å². The van der Waals surface area contributed by atoms with Crippen LogP contribution in [0.1, 0.15) is 33.1 Å². The number of ether oxygens (including phenoxy) is 1. The molecule has 1 amide bonds. The van der Waals surface area contributed by atoms with Crippen LogP contribution in [0.2, 0.25) is 0 Å². The van der Waals surface area contributed by atoms with Crippen molar-refractivity contribution in [3.05, 3.63) is 24.3 Å². The van der Waals surface area contributed by atoms with Gasteiger partial charge in [0.25, 0.3) is 0 Å². The lowest BCUT2D eigenvalue weighted by Gasteiger charge is -2.23. The molecular formula is C15H22N2O2. The molecule has 1 atom stereocenters. The van der Waals surface area contributed by atoms with Crippen molar-refractivity contribution in [1.82, 2.24) is 5.32 Å². The van der Waals surface area contributed by atoms with E-state index in [2.05, 4.69) is 17.6 Å². The molecule has 0 bridgehead atoms. The molecule has 1 saturated heterocycles. The van der Waals surface area contributed by atoms with E-state index in [1.54, 1.807) is 0 Å². The van der Waals surface area contributed by atoms with Crippen LogP contribution in [0.3, 0.4) is 0 Å². The van der Waals surface area contributed by atoms with E-state index in [0.29, 0.717) is 6.61 Å². The van der Waals surface area contributed by atoms with Crippen molar-refractivity contribution in [2.45, 2.75) is 38.6 Å². The molecule has 2 rings (SSSR count). The van der Waals surface area contributed by atoms with E-state index in [-0.39, 0.29) is 5.91 Å². The number of carbonyl (C=O) groups is 1. The van der Waals surface area contributed by atoms with Crippen LogP contribution >= 0.6 is 0 Å². The fourth-order valence-corrected chi connectivity index (χ4v) is 2.24. The second-order valence-electron chi connectivity index (χ2n) is 5.19. The van der Waals surface area contributed by atoms with Gasteiger partial charge in [-0.2, -0.15) is 0 Å². The van der Waals surface area contributed by atoms with Crippen molar-refractivity contribution < 1.29 is 9.53 Å². The maximum absolute atomic E-state index is 12.2. The molecule has 1 unspecified atom stereocenters. The number of anilines is 1. The molecule has 4 heteroatoms. The minimum Gasteiger partial charge on any atom is -0.494 e. The normalized spacial score (nSPS) is 22.2. The van der Waals surface area contributed by atoms with Crippen molar-refractivity contribution in [2.24, 2.45) is 0 Å². The van der Waals surface area contributed by atoms with Gasteiger partial charge in [0.2, 0.25) is 5.91 Å². The molecule has 1 aliphatic rings. The van der Waals surface area contributed by atoms with Gasteiger partial charge in [0.15, 0.2) is 0 Å². The minimum atomic E-state index is -0.444. The second kappa shape index (κ2) is 6.06. The summed E-state index contributed by atoms with van der Waals surface area (Å²) in [5.74, 6) is 0.821. The van der Waals surface area contributed by atoms with Crippen molar-refractivity contribution in [2.75, 3.05) is 18.5 Å². The van der Waals surface area contributed by atoms with Crippen LogP contribution < -0.4 is 15.4 Å². The quantitative estimate of drug-likeness (QED) is 0.857. The number of hydrogen-bond donors (Lipinski definition) is 2. The Morgan fingerprint density at radius 1 is 1.53 bits per heavy atom. The third-order valence-corrected chi connectivity index (χ3v) is 3.43. The lowest BCUT2D eigenvalue weighted by Crippen LogP contribution is -2.47. The summed E-state index contributed by atoms with van der Waals surface area (Å²) in [7, 11) is 0. The highest BCUT2D eigenvalue weighted by Gasteiger charge is 2.35. The minimum absolute atomic E-state index is 0.0256. The summed E-state index contributed by atoms with van der Waals surface area (Å²) in [5, 5.41) is 6.22. The molecule has 1 aliphatic heterocycles. The molecule has 19 heavy (non-hydrogen) atoms. The van der Waals surface area contributed by atoms with Crippen LogP contribution in [0.25, 0.3) is 0 Å². The summed E-state index contributed by atoms with van der Waals surface area (Å²) in [5.41, 5.74) is 0.342. The van der Waals surface area contributed by atoms with Gasteiger partial charge in [-0.05, 0) is 44.9 Å². The van der Waals surface area contributed by atoms with Crippen LogP contribution in [-0.2, 0) is 4.79 Å². The van der Waals surface area contributed by atoms with E-state index in [1.807, 2.05) is 31.2 Å². The van der Waals surface area contributed by atoms with E-state index in [9.17, 15) is 4.79 Å². The predicted molar refractivity (Wildman–Crippen MR) is 76.5 cm³/mol. The topological polar surface area (TPSA) is 50.4 Å². The lowest BCUT2D eigenvalue weighted by atomic mass is 9.99. The first kappa shape index (κ1) is 13.9. The predicted octanol–water partition coefficient (Wildman–Crippen LogP) is 2.56. The molecule has 1 aromatic rings. The average molecular weight is 262 g/mol. The van der Waals surface area contributed by atoms with Gasteiger partial charge in [-0.25, -0.2) is 0 Å². The molecule has 1 heterocycles. The zero-order valence-electron chi connectivity index (χ0n) is 11.7. The van der Waals surface area contributed by atoms with Gasteiger partial charge in [-0.1, -0.05) is 13.0 Å². The van der Waals surface area contributed by atoms with Crippen LogP contribution in [-0.4, -0.2) is 24.6 Å². The van der Waals surface area contributed by atoms with E-state index in [4.69, 9.17) is 4.74 Å². The summed E-state index contributed by atoms with van der Waals surface area (Å²) in [6.45, 7) is 5.62. The Hall–Kier alpha value is -1.55. The van der Waals surface area contributed by atoms with Crippen LogP contribution in [0, 0.1) is 0 Å². The van der Waals surface area contributed by atoms with E-state index in [0.717, 1.165) is 37.2 Å². The molecule has 1 aromatic carbocycles. The SMILES string of the molecule is CCCOc1cccc(NC(=O)C2(C)CCCN2)c1.